The molecule has 6 aromatic carbocycles. The van der Waals surface area contributed by atoms with Crippen molar-refractivity contribution < 1.29 is 0 Å². The summed E-state index contributed by atoms with van der Waals surface area (Å²) in [5.41, 5.74) is 14.5. The number of para-hydroxylation sites is 1. The van der Waals surface area contributed by atoms with E-state index in [1.54, 1.807) is 0 Å². The van der Waals surface area contributed by atoms with Gasteiger partial charge in [-0.05, 0) is 130 Å². The first-order valence-electron chi connectivity index (χ1n) is 16.8. The number of hydrogen-bond acceptors (Lipinski definition) is 1. The van der Waals surface area contributed by atoms with Crippen molar-refractivity contribution in [2.45, 2.75) is 54.2 Å². The van der Waals surface area contributed by atoms with Crippen LogP contribution in [0.25, 0.3) is 49.7 Å². The average molecular weight is 644 g/mol. The highest BCUT2D eigenvalue weighted by Gasteiger charge is 2.38. The van der Waals surface area contributed by atoms with Crippen LogP contribution in [0, 0.1) is 5.92 Å². The summed E-state index contributed by atoms with van der Waals surface area (Å²) in [5.74, 6) is 1.26. The largest absolute Gasteiger partial charge is 0.309 e. The zero-order valence-electron chi connectivity index (χ0n) is 26.6. The predicted molar refractivity (Wildman–Crippen MR) is 199 cm³/mol. The fraction of sp³-hybridized carbons (Fsp3) is 0.182. The van der Waals surface area contributed by atoms with Crippen LogP contribution in [0.3, 0.4) is 0 Å². The summed E-state index contributed by atoms with van der Waals surface area (Å²) in [6.07, 6.45) is 3.66. The third-order valence-corrected chi connectivity index (χ3v) is 12.9. The molecule has 2 aliphatic carbocycles. The van der Waals surface area contributed by atoms with Crippen LogP contribution in [0.5, 0.6) is 0 Å². The van der Waals surface area contributed by atoms with E-state index in [4.69, 9.17) is 11.6 Å². The molecule has 1 aromatic heterocycles. The van der Waals surface area contributed by atoms with Crippen molar-refractivity contribution >= 4 is 45.2 Å². The van der Waals surface area contributed by atoms with Gasteiger partial charge in [0.1, 0.15) is 0 Å². The van der Waals surface area contributed by atoms with Gasteiger partial charge in [-0.2, -0.15) is 0 Å². The summed E-state index contributed by atoms with van der Waals surface area (Å²) in [6.45, 7) is 4.74. The number of halogens is 1. The Morgan fingerprint density at radius 3 is 2.30 bits per heavy atom. The molecule has 0 radical (unpaired) electrons. The van der Waals surface area contributed by atoms with Gasteiger partial charge in [0, 0.05) is 36.7 Å². The van der Waals surface area contributed by atoms with Crippen molar-refractivity contribution in [2.24, 2.45) is 5.92 Å². The van der Waals surface area contributed by atoms with E-state index in [9.17, 15) is 0 Å². The summed E-state index contributed by atoms with van der Waals surface area (Å²) in [7, 11) is 0. The smallest absolute Gasteiger partial charge is 0.0544 e. The Labute approximate surface area is 285 Å². The van der Waals surface area contributed by atoms with Gasteiger partial charge < -0.3 is 4.57 Å². The van der Waals surface area contributed by atoms with Gasteiger partial charge in [-0.25, -0.2) is 0 Å². The zero-order chi connectivity index (χ0) is 31.4. The van der Waals surface area contributed by atoms with Crippen LogP contribution in [0.15, 0.2) is 131 Å². The van der Waals surface area contributed by atoms with Gasteiger partial charge in [0.05, 0.1) is 11.0 Å². The van der Waals surface area contributed by atoms with E-state index < -0.39 is 0 Å². The van der Waals surface area contributed by atoms with Crippen molar-refractivity contribution in [3.8, 4) is 27.9 Å². The molecule has 7 aromatic rings. The Morgan fingerprint density at radius 1 is 0.660 bits per heavy atom. The summed E-state index contributed by atoms with van der Waals surface area (Å²) in [5, 5.41) is 3.53. The lowest BCUT2D eigenvalue weighted by Crippen LogP contribution is -2.27. The number of benzene rings is 6. The number of hydrogen-bond donors (Lipinski definition) is 0. The molecular weight excluding hydrogens is 610 g/mol. The van der Waals surface area contributed by atoms with Crippen molar-refractivity contribution in [1.82, 2.24) is 4.57 Å². The first-order valence-corrected chi connectivity index (χ1v) is 18.0. The molecule has 2 atom stereocenters. The Balaban J connectivity index is 1.17. The highest BCUT2D eigenvalue weighted by Crippen LogP contribution is 2.54. The number of rotatable bonds is 2. The minimum Gasteiger partial charge on any atom is -0.309 e. The molecule has 0 amide bonds. The Kier molecular flexibility index (Phi) is 6.00. The lowest BCUT2D eigenvalue weighted by molar-refractivity contribution is 0.249. The van der Waals surface area contributed by atoms with Gasteiger partial charge in [-0.15, -0.1) is 0 Å². The highest BCUT2D eigenvalue weighted by atomic mass is 35.5. The van der Waals surface area contributed by atoms with Crippen molar-refractivity contribution in [3.63, 3.8) is 0 Å². The van der Waals surface area contributed by atoms with Crippen LogP contribution in [0.4, 0.5) is 0 Å². The fourth-order valence-corrected chi connectivity index (χ4v) is 10.4. The van der Waals surface area contributed by atoms with Gasteiger partial charge in [-0.1, -0.05) is 104 Å². The molecule has 10 rings (SSSR count). The standard InChI is InChI=1S/C44H34ClNS/c1-44(2)36-12-7-6-11-32(36)33-24-35-34-22-26(18-20-39(34)46(40(35)25-37(33)44)30-9-4-3-5-10-30)27-15-16-29-21-28-17-19-31(28)43-38(45)13-8-14-41(43)47-42(29)23-27/h3-16,18,20,22-25,28,31H,17,19,21H2,1-2H3. The minimum absolute atomic E-state index is 0.0516. The molecule has 47 heavy (non-hydrogen) atoms. The van der Waals surface area contributed by atoms with E-state index in [1.807, 2.05) is 11.8 Å². The molecule has 1 saturated carbocycles. The van der Waals surface area contributed by atoms with E-state index >= 15 is 0 Å². The molecule has 3 aliphatic rings. The second kappa shape index (κ2) is 10.1. The van der Waals surface area contributed by atoms with Gasteiger partial charge in [0.15, 0.2) is 0 Å². The lowest BCUT2D eigenvalue weighted by atomic mass is 9.67. The molecule has 228 valence electrons. The van der Waals surface area contributed by atoms with E-state index in [2.05, 4.69) is 140 Å². The second-order valence-electron chi connectivity index (χ2n) is 14.2. The van der Waals surface area contributed by atoms with E-state index in [0.29, 0.717) is 11.8 Å². The van der Waals surface area contributed by atoms with E-state index in [0.717, 1.165) is 11.4 Å². The molecule has 3 heteroatoms. The van der Waals surface area contributed by atoms with Gasteiger partial charge >= 0.3 is 0 Å². The molecule has 1 nitrogen and oxygen atoms in total. The molecule has 0 saturated heterocycles. The van der Waals surface area contributed by atoms with Crippen LogP contribution in [0.1, 0.15) is 54.9 Å². The Bertz CT molecular complexity index is 2420. The lowest BCUT2D eigenvalue weighted by Gasteiger charge is -2.40. The number of fused-ring (bicyclic) bond motifs is 10. The normalized spacial score (nSPS) is 18.8. The summed E-state index contributed by atoms with van der Waals surface area (Å²) in [4.78, 5) is 2.68. The van der Waals surface area contributed by atoms with Crippen LogP contribution >= 0.6 is 23.4 Å². The first-order chi connectivity index (χ1) is 23.0. The molecule has 2 unspecified atom stereocenters. The number of aromatic nitrogens is 1. The quantitative estimate of drug-likeness (QED) is 0.181. The predicted octanol–water partition coefficient (Wildman–Crippen LogP) is 12.6. The van der Waals surface area contributed by atoms with Gasteiger partial charge in [0.25, 0.3) is 0 Å². The molecule has 1 fully saturated rings. The third kappa shape index (κ3) is 4.04. The van der Waals surface area contributed by atoms with Crippen LogP contribution in [-0.4, -0.2) is 4.57 Å². The molecule has 1 aliphatic heterocycles. The third-order valence-electron chi connectivity index (χ3n) is 11.4. The Morgan fingerprint density at radius 2 is 1.45 bits per heavy atom. The van der Waals surface area contributed by atoms with Gasteiger partial charge in [-0.3, -0.25) is 0 Å². The van der Waals surface area contributed by atoms with Crippen LogP contribution in [-0.2, 0) is 11.8 Å². The van der Waals surface area contributed by atoms with Crippen LogP contribution in [0.2, 0.25) is 5.02 Å². The summed E-state index contributed by atoms with van der Waals surface area (Å²) >= 11 is 8.73. The summed E-state index contributed by atoms with van der Waals surface area (Å²) < 4.78 is 2.46. The first kappa shape index (κ1) is 27.8. The zero-order valence-corrected chi connectivity index (χ0v) is 28.1. The maximum absolute atomic E-state index is 6.83. The van der Waals surface area contributed by atoms with Crippen molar-refractivity contribution in [3.05, 3.63) is 149 Å². The van der Waals surface area contributed by atoms with E-state index in [1.165, 1.54) is 94.6 Å². The van der Waals surface area contributed by atoms with Crippen molar-refractivity contribution in [2.75, 3.05) is 0 Å². The SMILES string of the molecule is CC1(C)c2ccccc2-c2cc3c4cc(-c5ccc6c(c5)Sc5cccc(Cl)c5C5CCC5C6)ccc4n(-c4ccccc4)c3cc21. The number of nitrogens with zero attached hydrogens (tertiary/aromatic N) is 1. The maximum Gasteiger partial charge on any atom is 0.0544 e. The minimum atomic E-state index is -0.0516. The molecule has 0 bridgehead atoms. The average Bonchev–Trinajstić information content (AvgIpc) is 3.51. The summed E-state index contributed by atoms with van der Waals surface area (Å²) in [6, 6.07) is 45.4. The maximum atomic E-state index is 6.83. The molecule has 0 spiro atoms. The molecule has 2 heterocycles. The topological polar surface area (TPSA) is 4.93 Å². The van der Waals surface area contributed by atoms with Crippen LogP contribution < -0.4 is 0 Å². The van der Waals surface area contributed by atoms with Crippen molar-refractivity contribution in [1.29, 1.82) is 0 Å². The molecular formula is C44H34ClNS. The Hall–Kier alpha value is -4.24. The van der Waals surface area contributed by atoms with E-state index in [-0.39, 0.29) is 5.41 Å². The highest BCUT2D eigenvalue weighted by molar-refractivity contribution is 7.99. The molecule has 0 N–H and O–H groups in total. The monoisotopic (exact) mass is 643 g/mol. The second-order valence-corrected chi connectivity index (χ2v) is 15.7. The van der Waals surface area contributed by atoms with Gasteiger partial charge in [0.2, 0.25) is 0 Å². The fourth-order valence-electron chi connectivity index (χ4n) is 8.81.